The third-order valence-corrected chi connectivity index (χ3v) is 3.77. The molecule has 0 bridgehead atoms. The van der Waals surface area contributed by atoms with Crippen LogP contribution in [0.1, 0.15) is 30.7 Å². The molecule has 1 aliphatic heterocycles. The Hall–Kier alpha value is -1.13. The number of nitrogens with two attached hydrogens (primary N) is 1. The van der Waals surface area contributed by atoms with Crippen molar-refractivity contribution in [3.8, 4) is 0 Å². The van der Waals surface area contributed by atoms with E-state index < -0.39 is 0 Å². The Morgan fingerprint density at radius 2 is 2.17 bits per heavy atom. The smallest absolute Gasteiger partial charge is 0.0674 e. The molecular weight excluding hydrogens is 226 g/mol. The zero-order chi connectivity index (χ0) is 13.3. The van der Waals surface area contributed by atoms with Crippen molar-refractivity contribution in [1.82, 2.24) is 9.88 Å². The molecule has 2 atom stereocenters. The monoisotopic (exact) mass is 249 g/mol. The van der Waals surface area contributed by atoms with Crippen LogP contribution in [0.15, 0.2) is 6.20 Å². The number of pyridine rings is 1. The lowest BCUT2D eigenvalue weighted by molar-refractivity contribution is -0.0531. The van der Waals surface area contributed by atoms with E-state index in [1.165, 1.54) is 0 Å². The van der Waals surface area contributed by atoms with Crippen LogP contribution >= 0.6 is 0 Å². The molecule has 2 rings (SSSR count). The first-order valence-electron chi connectivity index (χ1n) is 6.55. The van der Waals surface area contributed by atoms with E-state index in [0.29, 0.717) is 12.1 Å². The maximum absolute atomic E-state index is 6.07. The SMILES string of the molecule is Cc1cnc(CN2CC(C)OCC2C)c(C)c1N. The Labute approximate surface area is 109 Å². The Bertz CT molecular complexity index is 433. The number of hydrogen-bond donors (Lipinski definition) is 1. The number of nitrogen functional groups attached to an aromatic ring is 1. The molecule has 4 nitrogen and oxygen atoms in total. The average molecular weight is 249 g/mol. The van der Waals surface area contributed by atoms with Crippen LogP contribution in [0.4, 0.5) is 5.69 Å². The molecule has 1 aromatic rings. The summed E-state index contributed by atoms with van der Waals surface area (Å²) in [7, 11) is 0. The summed E-state index contributed by atoms with van der Waals surface area (Å²) in [6, 6.07) is 0.435. The molecule has 18 heavy (non-hydrogen) atoms. The second-order valence-corrected chi connectivity index (χ2v) is 5.35. The van der Waals surface area contributed by atoms with E-state index in [4.69, 9.17) is 10.5 Å². The molecule has 4 heteroatoms. The molecule has 0 amide bonds. The second kappa shape index (κ2) is 5.24. The number of morpholine rings is 1. The second-order valence-electron chi connectivity index (χ2n) is 5.35. The topological polar surface area (TPSA) is 51.4 Å². The molecular formula is C14H23N3O. The van der Waals surface area contributed by atoms with Crippen LogP contribution in [-0.2, 0) is 11.3 Å². The summed E-state index contributed by atoms with van der Waals surface area (Å²) >= 11 is 0. The standard InChI is InChI=1S/C14H23N3O/c1-9-5-16-13(12(4)14(9)15)7-17-6-11(3)18-8-10(17)2/h5,10-11H,6-8H2,1-4H3,(H2,15,16). The Balaban J connectivity index is 2.16. The predicted octanol–water partition coefficient (Wildman–Crippen LogP) is 1.89. The van der Waals surface area contributed by atoms with Crippen molar-refractivity contribution in [1.29, 1.82) is 0 Å². The molecule has 2 N–H and O–H groups in total. The number of aromatic nitrogens is 1. The van der Waals surface area contributed by atoms with Gasteiger partial charge < -0.3 is 10.5 Å². The molecule has 0 aromatic carbocycles. The van der Waals surface area contributed by atoms with Gasteiger partial charge in [0.05, 0.1) is 18.4 Å². The molecule has 100 valence electrons. The number of hydrogen-bond acceptors (Lipinski definition) is 4. The van der Waals surface area contributed by atoms with Gasteiger partial charge in [-0.15, -0.1) is 0 Å². The minimum atomic E-state index is 0.296. The van der Waals surface area contributed by atoms with Gasteiger partial charge in [-0.2, -0.15) is 0 Å². The van der Waals surface area contributed by atoms with Crippen LogP contribution in [0.5, 0.6) is 0 Å². The summed E-state index contributed by atoms with van der Waals surface area (Å²) in [6.45, 7) is 11.0. The number of ether oxygens (including phenoxy) is 1. The highest BCUT2D eigenvalue weighted by atomic mass is 16.5. The van der Waals surface area contributed by atoms with Crippen LogP contribution < -0.4 is 5.73 Å². The van der Waals surface area contributed by atoms with Gasteiger partial charge in [-0.3, -0.25) is 9.88 Å². The minimum Gasteiger partial charge on any atom is -0.398 e. The van der Waals surface area contributed by atoms with E-state index in [1.807, 2.05) is 13.1 Å². The van der Waals surface area contributed by atoms with Crippen LogP contribution in [0.2, 0.25) is 0 Å². The van der Waals surface area contributed by atoms with Crippen LogP contribution in [0.25, 0.3) is 0 Å². The summed E-state index contributed by atoms with van der Waals surface area (Å²) in [6.07, 6.45) is 2.16. The van der Waals surface area contributed by atoms with Gasteiger partial charge in [0.15, 0.2) is 0 Å². The third kappa shape index (κ3) is 2.65. The normalized spacial score (nSPS) is 25.3. The largest absolute Gasteiger partial charge is 0.398 e. The maximum atomic E-state index is 6.07. The third-order valence-electron chi connectivity index (χ3n) is 3.77. The summed E-state index contributed by atoms with van der Waals surface area (Å²) < 4.78 is 5.64. The van der Waals surface area contributed by atoms with E-state index in [1.54, 1.807) is 0 Å². The summed E-state index contributed by atoms with van der Waals surface area (Å²) in [5.74, 6) is 0. The van der Waals surface area contributed by atoms with Gasteiger partial charge in [0.1, 0.15) is 0 Å². The van der Waals surface area contributed by atoms with E-state index in [2.05, 4.69) is 30.7 Å². The first kappa shape index (κ1) is 13.3. The van der Waals surface area contributed by atoms with Gasteiger partial charge in [-0.25, -0.2) is 0 Å². The molecule has 0 radical (unpaired) electrons. The van der Waals surface area contributed by atoms with E-state index in [0.717, 1.165) is 42.2 Å². The molecule has 1 aliphatic rings. The summed E-state index contributed by atoms with van der Waals surface area (Å²) in [5.41, 5.74) is 10.2. The first-order chi connectivity index (χ1) is 8.49. The van der Waals surface area contributed by atoms with Gasteiger partial charge in [0.25, 0.3) is 0 Å². The lowest BCUT2D eigenvalue weighted by atomic mass is 10.1. The molecule has 1 fully saturated rings. The maximum Gasteiger partial charge on any atom is 0.0674 e. The molecule has 2 unspecified atom stereocenters. The average Bonchev–Trinajstić information content (AvgIpc) is 2.34. The number of aryl methyl sites for hydroxylation is 1. The molecule has 0 aliphatic carbocycles. The quantitative estimate of drug-likeness (QED) is 0.869. The van der Waals surface area contributed by atoms with Crippen LogP contribution in [0, 0.1) is 13.8 Å². The van der Waals surface area contributed by atoms with Crippen molar-refractivity contribution in [2.24, 2.45) is 0 Å². The molecule has 2 heterocycles. The van der Waals surface area contributed by atoms with Crippen molar-refractivity contribution >= 4 is 5.69 Å². The van der Waals surface area contributed by atoms with Gasteiger partial charge in [0.2, 0.25) is 0 Å². The summed E-state index contributed by atoms with van der Waals surface area (Å²) in [4.78, 5) is 6.94. The predicted molar refractivity (Wildman–Crippen MR) is 73.4 cm³/mol. The van der Waals surface area contributed by atoms with Crippen molar-refractivity contribution in [2.75, 3.05) is 18.9 Å². The van der Waals surface area contributed by atoms with Crippen molar-refractivity contribution in [3.05, 3.63) is 23.0 Å². The fourth-order valence-corrected chi connectivity index (χ4v) is 2.34. The highest BCUT2D eigenvalue weighted by molar-refractivity contribution is 5.53. The Morgan fingerprint density at radius 3 is 2.89 bits per heavy atom. The van der Waals surface area contributed by atoms with E-state index in [9.17, 15) is 0 Å². The Morgan fingerprint density at radius 1 is 1.44 bits per heavy atom. The van der Waals surface area contributed by atoms with Crippen molar-refractivity contribution in [3.63, 3.8) is 0 Å². The zero-order valence-electron chi connectivity index (χ0n) is 11.7. The van der Waals surface area contributed by atoms with Crippen LogP contribution in [-0.4, -0.2) is 35.2 Å². The fraction of sp³-hybridized carbons (Fsp3) is 0.643. The fourth-order valence-electron chi connectivity index (χ4n) is 2.34. The Kier molecular flexibility index (Phi) is 3.88. The van der Waals surface area contributed by atoms with Gasteiger partial charge in [-0.05, 0) is 38.8 Å². The van der Waals surface area contributed by atoms with Gasteiger partial charge in [0, 0.05) is 31.0 Å². The lowest BCUT2D eigenvalue weighted by Crippen LogP contribution is -2.46. The van der Waals surface area contributed by atoms with E-state index >= 15 is 0 Å². The molecule has 1 aromatic heterocycles. The van der Waals surface area contributed by atoms with Gasteiger partial charge in [-0.1, -0.05) is 0 Å². The van der Waals surface area contributed by atoms with Gasteiger partial charge >= 0.3 is 0 Å². The van der Waals surface area contributed by atoms with Crippen LogP contribution in [0.3, 0.4) is 0 Å². The molecule has 1 saturated heterocycles. The highest BCUT2D eigenvalue weighted by Crippen LogP contribution is 2.21. The molecule has 0 spiro atoms. The lowest BCUT2D eigenvalue weighted by Gasteiger charge is -2.36. The first-order valence-corrected chi connectivity index (χ1v) is 6.55. The number of anilines is 1. The zero-order valence-corrected chi connectivity index (χ0v) is 11.7. The van der Waals surface area contributed by atoms with E-state index in [-0.39, 0.29) is 0 Å². The van der Waals surface area contributed by atoms with Crippen molar-refractivity contribution in [2.45, 2.75) is 46.4 Å². The highest BCUT2D eigenvalue weighted by Gasteiger charge is 2.24. The number of rotatable bonds is 2. The number of nitrogens with zero attached hydrogens (tertiary/aromatic N) is 2. The minimum absolute atomic E-state index is 0.296. The summed E-state index contributed by atoms with van der Waals surface area (Å²) in [5, 5.41) is 0. The molecule has 0 saturated carbocycles. The van der Waals surface area contributed by atoms with Crippen molar-refractivity contribution < 1.29 is 4.74 Å².